The van der Waals surface area contributed by atoms with Gasteiger partial charge in [0.1, 0.15) is 11.6 Å². The molecule has 0 amide bonds. The van der Waals surface area contributed by atoms with E-state index in [0.717, 1.165) is 27.9 Å². The first-order valence-corrected chi connectivity index (χ1v) is 6.59. The fourth-order valence-electron chi connectivity index (χ4n) is 1.76. The molecule has 1 aromatic heterocycles. The van der Waals surface area contributed by atoms with Crippen LogP contribution in [0.3, 0.4) is 0 Å². The molecule has 0 spiro atoms. The molecule has 2 heterocycles. The van der Waals surface area contributed by atoms with E-state index in [2.05, 4.69) is 10.2 Å². The molecule has 1 aliphatic rings. The van der Waals surface area contributed by atoms with Gasteiger partial charge < -0.3 is 15.2 Å². The lowest BCUT2D eigenvalue weighted by molar-refractivity contribution is 0.0906. The van der Waals surface area contributed by atoms with Crippen LogP contribution in [0.5, 0.6) is 11.5 Å². The van der Waals surface area contributed by atoms with Crippen molar-refractivity contribution in [1.82, 2.24) is 10.2 Å². The summed E-state index contributed by atoms with van der Waals surface area (Å²) in [5, 5.41) is 10.0. The molecule has 0 saturated heterocycles. The second-order valence-electron chi connectivity index (χ2n) is 3.94. The lowest BCUT2D eigenvalue weighted by Crippen LogP contribution is -2.21. The Bertz CT molecular complexity index is 544. The highest BCUT2D eigenvalue weighted by Crippen LogP contribution is 2.36. The van der Waals surface area contributed by atoms with Gasteiger partial charge in [-0.3, -0.25) is 0 Å². The molecule has 1 aliphatic heterocycles. The van der Waals surface area contributed by atoms with Crippen LogP contribution in [0.1, 0.15) is 16.1 Å². The van der Waals surface area contributed by atoms with Gasteiger partial charge in [-0.2, -0.15) is 0 Å². The highest BCUT2D eigenvalue weighted by atomic mass is 32.1. The third-order valence-corrected chi connectivity index (χ3v) is 3.70. The molecule has 94 valence electrons. The number of hydrogen-bond donors (Lipinski definition) is 1. The number of rotatable bonds is 3. The average molecular weight is 263 g/mol. The van der Waals surface area contributed by atoms with Gasteiger partial charge in [0.25, 0.3) is 0 Å². The molecule has 1 aromatic carbocycles. The first kappa shape index (κ1) is 11.4. The third kappa shape index (κ3) is 2.16. The number of benzene rings is 1. The van der Waals surface area contributed by atoms with Crippen molar-refractivity contribution in [2.24, 2.45) is 5.73 Å². The van der Waals surface area contributed by atoms with Gasteiger partial charge in [-0.1, -0.05) is 23.5 Å². The van der Waals surface area contributed by atoms with Crippen LogP contribution in [-0.2, 0) is 6.42 Å². The molecular weight excluding hydrogens is 250 g/mol. The minimum absolute atomic E-state index is 0.177. The van der Waals surface area contributed by atoms with Gasteiger partial charge in [-0.15, -0.1) is 10.2 Å². The highest BCUT2D eigenvalue weighted by molar-refractivity contribution is 7.11. The summed E-state index contributed by atoms with van der Waals surface area (Å²) < 4.78 is 11.5. The van der Waals surface area contributed by atoms with E-state index in [0.29, 0.717) is 13.2 Å². The summed E-state index contributed by atoms with van der Waals surface area (Å²) in [7, 11) is 0. The molecule has 0 saturated carbocycles. The minimum atomic E-state index is -0.177. The molecule has 2 N–H and O–H groups in total. The summed E-state index contributed by atoms with van der Waals surface area (Å²) in [5.41, 5.74) is 5.49. The van der Waals surface area contributed by atoms with E-state index in [-0.39, 0.29) is 6.10 Å². The van der Waals surface area contributed by atoms with Gasteiger partial charge in [0.2, 0.25) is 0 Å². The van der Waals surface area contributed by atoms with E-state index in [4.69, 9.17) is 15.2 Å². The molecule has 2 aromatic rings. The second kappa shape index (κ2) is 4.91. The van der Waals surface area contributed by atoms with Crippen molar-refractivity contribution < 1.29 is 9.47 Å². The van der Waals surface area contributed by atoms with Crippen molar-refractivity contribution >= 4 is 11.3 Å². The molecule has 6 heteroatoms. The van der Waals surface area contributed by atoms with Crippen molar-refractivity contribution in [3.63, 3.8) is 0 Å². The zero-order valence-electron chi connectivity index (χ0n) is 9.70. The largest absolute Gasteiger partial charge is 0.485 e. The van der Waals surface area contributed by atoms with E-state index < -0.39 is 0 Å². The maximum absolute atomic E-state index is 5.86. The number of nitrogens with two attached hydrogens (primary N) is 1. The fourth-order valence-corrected chi connectivity index (χ4v) is 2.63. The molecule has 0 fully saturated rings. The van der Waals surface area contributed by atoms with Crippen molar-refractivity contribution in [2.45, 2.75) is 12.5 Å². The molecule has 3 rings (SSSR count). The summed E-state index contributed by atoms with van der Waals surface area (Å²) >= 11 is 1.53. The van der Waals surface area contributed by atoms with Crippen LogP contribution in [0, 0.1) is 0 Å². The van der Waals surface area contributed by atoms with Crippen LogP contribution in [-0.4, -0.2) is 23.3 Å². The Balaban J connectivity index is 1.78. The highest BCUT2D eigenvalue weighted by Gasteiger charge is 2.25. The van der Waals surface area contributed by atoms with Crippen LogP contribution >= 0.6 is 11.3 Å². The lowest BCUT2D eigenvalue weighted by Gasteiger charge is -2.24. The zero-order valence-corrected chi connectivity index (χ0v) is 10.5. The summed E-state index contributed by atoms with van der Waals surface area (Å²) in [6.07, 6.45) is 0.575. The topological polar surface area (TPSA) is 70.3 Å². The standard InChI is InChI=1S/C12H13N3O2S/c13-6-5-11-14-15-12(18-11)10-7-16-8-3-1-2-4-9(8)17-10/h1-4,10H,5-7,13H2. The Hall–Kier alpha value is -1.66. The lowest BCUT2D eigenvalue weighted by atomic mass is 10.3. The Labute approximate surface area is 109 Å². The van der Waals surface area contributed by atoms with Crippen molar-refractivity contribution in [1.29, 1.82) is 0 Å². The van der Waals surface area contributed by atoms with E-state index in [1.54, 1.807) is 0 Å². The molecule has 5 nitrogen and oxygen atoms in total. The van der Waals surface area contributed by atoms with E-state index in [1.165, 1.54) is 11.3 Å². The van der Waals surface area contributed by atoms with Crippen molar-refractivity contribution in [3.8, 4) is 11.5 Å². The first-order chi connectivity index (χ1) is 8.86. The third-order valence-electron chi connectivity index (χ3n) is 2.62. The van der Waals surface area contributed by atoms with E-state index >= 15 is 0 Å². The SMILES string of the molecule is NCCc1nnc(C2COc3ccccc3O2)s1. The smallest absolute Gasteiger partial charge is 0.186 e. The van der Waals surface area contributed by atoms with Crippen molar-refractivity contribution in [2.75, 3.05) is 13.2 Å². The summed E-state index contributed by atoms with van der Waals surface area (Å²) in [4.78, 5) is 0. The average Bonchev–Trinajstić information content (AvgIpc) is 2.87. The van der Waals surface area contributed by atoms with Gasteiger partial charge in [-0.05, 0) is 18.7 Å². The molecule has 0 aliphatic carbocycles. The summed E-state index contributed by atoms with van der Waals surface area (Å²) in [6.45, 7) is 1.05. The maximum Gasteiger partial charge on any atom is 0.186 e. The summed E-state index contributed by atoms with van der Waals surface area (Å²) in [6, 6.07) is 7.63. The normalized spacial score (nSPS) is 17.7. The predicted octanol–water partition coefficient (Wildman–Crippen LogP) is 1.55. The minimum Gasteiger partial charge on any atom is -0.485 e. The van der Waals surface area contributed by atoms with Crippen LogP contribution in [0.15, 0.2) is 24.3 Å². The Morgan fingerprint density at radius 3 is 2.94 bits per heavy atom. The van der Waals surface area contributed by atoms with Crippen LogP contribution < -0.4 is 15.2 Å². The van der Waals surface area contributed by atoms with Gasteiger partial charge in [0.15, 0.2) is 22.6 Å². The fraction of sp³-hybridized carbons (Fsp3) is 0.333. The number of hydrogen-bond acceptors (Lipinski definition) is 6. The molecule has 0 bridgehead atoms. The van der Waals surface area contributed by atoms with Crippen LogP contribution in [0.25, 0.3) is 0 Å². The molecule has 18 heavy (non-hydrogen) atoms. The second-order valence-corrected chi connectivity index (χ2v) is 5.03. The van der Waals surface area contributed by atoms with Gasteiger partial charge in [0, 0.05) is 6.42 Å². The van der Waals surface area contributed by atoms with Crippen LogP contribution in [0.2, 0.25) is 0 Å². The first-order valence-electron chi connectivity index (χ1n) is 5.77. The number of ether oxygens (including phenoxy) is 2. The Morgan fingerprint density at radius 2 is 2.11 bits per heavy atom. The van der Waals surface area contributed by atoms with Gasteiger partial charge in [0.05, 0.1) is 0 Å². The Kier molecular flexibility index (Phi) is 3.12. The van der Waals surface area contributed by atoms with Gasteiger partial charge >= 0.3 is 0 Å². The van der Waals surface area contributed by atoms with Crippen LogP contribution in [0.4, 0.5) is 0 Å². The van der Waals surface area contributed by atoms with Gasteiger partial charge in [-0.25, -0.2) is 0 Å². The molecule has 1 unspecified atom stereocenters. The number of nitrogens with zero attached hydrogens (tertiary/aromatic N) is 2. The molecular formula is C12H13N3O2S. The number of fused-ring (bicyclic) bond motifs is 1. The number of aromatic nitrogens is 2. The van der Waals surface area contributed by atoms with E-state index in [9.17, 15) is 0 Å². The molecule has 1 atom stereocenters. The zero-order chi connectivity index (χ0) is 12.4. The van der Waals surface area contributed by atoms with E-state index in [1.807, 2.05) is 24.3 Å². The Morgan fingerprint density at radius 1 is 1.28 bits per heavy atom. The summed E-state index contributed by atoms with van der Waals surface area (Å²) in [5.74, 6) is 1.53. The molecule has 0 radical (unpaired) electrons. The monoisotopic (exact) mass is 263 g/mol. The number of para-hydroxylation sites is 2. The maximum atomic E-state index is 5.86. The predicted molar refractivity (Wildman–Crippen MR) is 68.0 cm³/mol. The van der Waals surface area contributed by atoms with Crippen molar-refractivity contribution in [3.05, 3.63) is 34.3 Å². The quantitative estimate of drug-likeness (QED) is 0.909.